The van der Waals surface area contributed by atoms with E-state index in [1.807, 2.05) is 49.4 Å². The van der Waals surface area contributed by atoms with Crippen LogP contribution in [-0.2, 0) is 4.79 Å². The van der Waals surface area contributed by atoms with Crippen LogP contribution in [0.3, 0.4) is 0 Å². The van der Waals surface area contributed by atoms with Gasteiger partial charge in [-0.15, -0.1) is 0 Å². The zero-order valence-corrected chi connectivity index (χ0v) is 11.3. The van der Waals surface area contributed by atoms with Gasteiger partial charge in [-0.1, -0.05) is 29.8 Å². The molecule has 0 aliphatic carbocycles. The standard InChI is InChI=1S/C15H15ClN2O/c1-11(17-14-9-7-12(16)8-10-14)15(19)18-13-5-3-2-4-6-13/h2-11,17H,1H3,(H,18,19). The summed E-state index contributed by atoms with van der Waals surface area (Å²) in [5.74, 6) is -0.0823. The van der Waals surface area contributed by atoms with Gasteiger partial charge in [-0.2, -0.15) is 0 Å². The van der Waals surface area contributed by atoms with Gasteiger partial charge in [0.05, 0.1) is 0 Å². The van der Waals surface area contributed by atoms with Gasteiger partial charge >= 0.3 is 0 Å². The molecule has 2 N–H and O–H groups in total. The summed E-state index contributed by atoms with van der Waals surface area (Å²) in [6.07, 6.45) is 0. The number of carbonyl (C=O) groups excluding carboxylic acids is 1. The summed E-state index contributed by atoms with van der Waals surface area (Å²) >= 11 is 5.81. The van der Waals surface area contributed by atoms with E-state index < -0.39 is 0 Å². The number of anilines is 2. The molecule has 2 aromatic rings. The number of hydrogen-bond donors (Lipinski definition) is 2. The topological polar surface area (TPSA) is 41.1 Å². The van der Waals surface area contributed by atoms with Crippen LogP contribution in [-0.4, -0.2) is 11.9 Å². The zero-order chi connectivity index (χ0) is 13.7. The van der Waals surface area contributed by atoms with Crippen LogP contribution in [0.1, 0.15) is 6.92 Å². The maximum atomic E-state index is 12.0. The molecule has 0 radical (unpaired) electrons. The van der Waals surface area contributed by atoms with Crippen LogP contribution in [0.5, 0.6) is 0 Å². The van der Waals surface area contributed by atoms with E-state index in [-0.39, 0.29) is 11.9 Å². The van der Waals surface area contributed by atoms with Gasteiger partial charge in [0.2, 0.25) is 5.91 Å². The molecule has 0 aliphatic heterocycles. The Hall–Kier alpha value is -2.00. The minimum atomic E-state index is -0.332. The lowest BCUT2D eigenvalue weighted by atomic mass is 10.2. The molecule has 98 valence electrons. The molecule has 0 heterocycles. The van der Waals surface area contributed by atoms with Gasteiger partial charge in [-0.25, -0.2) is 0 Å². The number of hydrogen-bond acceptors (Lipinski definition) is 2. The van der Waals surface area contributed by atoms with Crippen molar-refractivity contribution in [2.75, 3.05) is 10.6 Å². The molecule has 0 fully saturated rings. The third kappa shape index (κ3) is 4.00. The number of halogens is 1. The fraction of sp³-hybridized carbons (Fsp3) is 0.133. The third-order valence-corrected chi connectivity index (χ3v) is 2.91. The maximum Gasteiger partial charge on any atom is 0.246 e. The van der Waals surface area contributed by atoms with Gasteiger partial charge in [-0.3, -0.25) is 4.79 Å². The van der Waals surface area contributed by atoms with Crippen molar-refractivity contribution in [2.24, 2.45) is 0 Å². The summed E-state index contributed by atoms with van der Waals surface area (Å²) in [6, 6.07) is 16.3. The van der Waals surface area contributed by atoms with Crippen molar-refractivity contribution < 1.29 is 4.79 Å². The lowest BCUT2D eigenvalue weighted by Crippen LogP contribution is -2.31. The first kappa shape index (κ1) is 13.4. The Kier molecular flexibility index (Phi) is 4.42. The van der Waals surface area contributed by atoms with E-state index in [1.54, 1.807) is 12.1 Å². The van der Waals surface area contributed by atoms with Crippen LogP contribution in [0, 0.1) is 0 Å². The minimum absolute atomic E-state index is 0.0823. The van der Waals surface area contributed by atoms with Gasteiger partial charge in [0.1, 0.15) is 6.04 Å². The van der Waals surface area contributed by atoms with E-state index in [0.29, 0.717) is 5.02 Å². The van der Waals surface area contributed by atoms with Gasteiger partial charge in [0.15, 0.2) is 0 Å². The molecule has 1 atom stereocenters. The summed E-state index contributed by atoms with van der Waals surface area (Å²) in [6.45, 7) is 1.81. The molecule has 0 saturated carbocycles. The molecule has 1 unspecified atom stereocenters. The van der Waals surface area contributed by atoms with Crippen LogP contribution < -0.4 is 10.6 Å². The molecular weight excluding hydrogens is 260 g/mol. The van der Waals surface area contributed by atoms with Crippen molar-refractivity contribution in [3.8, 4) is 0 Å². The van der Waals surface area contributed by atoms with Crippen molar-refractivity contribution in [3.05, 3.63) is 59.6 Å². The molecule has 3 nitrogen and oxygen atoms in total. The fourth-order valence-electron chi connectivity index (χ4n) is 1.63. The SMILES string of the molecule is CC(Nc1ccc(Cl)cc1)C(=O)Nc1ccccc1. The molecule has 0 aromatic heterocycles. The predicted octanol–water partition coefficient (Wildman–Crippen LogP) is 3.78. The van der Waals surface area contributed by atoms with E-state index in [2.05, 4.69) is 10.6 Å². The molecule has 0 saturated heterocycles. The van der Waals surface area contributed by atoms with E-state index in [0.717, 1.165) is 11.4 Å². The van der Waals surface area contributed by atoms with Gasteiger partial charge in [0, 0.05) is 16.4 Å². The molecule has 0 bridgehead atoms. The monoisotopic (exact) mass is 274 g/mol. The molecule has 1 amide bonds. The van der Waals surface area contributed by atoms with Gasteiger partial charge < -0.3 is 10.6 Å². The van der Waals surface area contributed by atoms with E-state index in [1.165, 1.54) is 0 Å². The largest absolute Gasteiger partial charge is 0.374 e. The van der Waals surface area contributed by atoms with Crippen molar-refractivity contribution in [3.63, 3.8) is 0 Å². The average Bonchev–Trinajstić information content (AvgIpc) is 2.42. The van der Waals surface area contributed by atoms with Gasteiger partial charge in [-0.05, 0) is 43.3 Å². The van der Waals surface area contributed by atoms with Crippen LogP contribution in [0.2, 0.25) is 5.02 Å². The summed E-state index contributed by atoms with van der Waals surface area (Å²) < 4.78 is 0. The Morgan fingerprint density at radius 1 is 1.00 bits per heavy atom. The van der Waals surface area contributed by atoms with Crippen molar-refractivity contribution in [1.29, 1.82) is 0 Å². The second-order valence-corrected chi connectivity index (χ2v) is 4.66. The number of amides is 1. The molecule has 2 rings (SSSR count). The molecule has 0 aliphatic rings. The first-order valence-corrected chi connectivity index (χ1v) is 6.41. The quantitative estimate of drug-likeness (QED) is 0.891. The molecule has 0 spiro atoms. The lowest BCUT2D eigenvalue weighted by molar-refractivity contribution is -0.116. The number of carbonyl (C=O) groups is 1. The number of benzene rings is 2. The fourth-order valence-corrected chi connectivity index (χ4v) is 1.76. The number of para-hydroxylation sites is 1. The molecule has 4 heteroatoms. The van der Waals surface area contributed by atoms with Crippen LogP contribution in [0.15, 0.2) is 54.6 Å². The first-order chi connectivity index (χ1) is 9.15. The highest BCUT2D eigenvalue weighted by molar-refractivity contribution is 6.30. The van der Waals surface area contributed by atoms with Crippen LogP contribution in [0.4, 0.5) is 11.4 Å². The van der Waals surface area contributed by atoms with E-state index >= 15 is 0 Å². The zero-order valence-electron chi connectivity index (χ0n) is 10.6. The number of nitrogens with one attached hydrogen (secondary N) is 2. The summed E-state index contributed by atoms with van der Waals surface area (Å²) in [4.78, 5) is 12.0. The highest BCUT2D eigenvalue weighted by atomic mass is 35.5. The first-order valence-electron chi connectivity index (χ1n) is 6.03. The highest BCUT2D eigenvalue weighted by Crippen LogP contribution is 2.14. The average molecular weight is 275 g/mol. The minimum Gasteiger partial charge on any atom is -0.374 e. The summed E-state index contributed by atoms with van der Waals surface area (Å²) in [7, 11) is 0. The Balaban J connectivity index is 1.94. The van der Waals surface area contributed by atoms with Crippen LogP contribution in [0.25, 0.3) is 0 Å². The van der Waals surface area contributed by atoms with Gasteiger partial charge in [0.25, 0.3) is 0 Å². The Morgan fingerprint density at radius 2 is 1.63 bits per heavy atom. The third-order valence-electron chi connectivity index (χ3n) is 2.66. The van der Waals surface area contributed by atoms with Crippen molar-refractivity contribution >= 4 is 28.9 Å². The highest BCUT2D eigenvalue weighted by Gasteiger charge is 2.12. The normalized spacial score (nSPS) is 11.7. The predicted molar refractivity (Wildman–Crippen MR) is 79.6 cm³/mol. The van der Waals surface area contributed by atoms with Crippen molar-refractivity contribution in [2.45, 2.75) is 13.0 Å². The van der Waals surface area contributed by atoms with Crippen LogP contribution >= 0.6 is 11.6 Å². The number of rotatable bonds is 4. The Bertz CT molecular complexity index is 540. The second-order valence-electron chi connectivity index (χ2n) is 4.23. The van der Waals surface area contributed by atoms with E-state index in [9.17, 15) is 4.79 Å². The van der Waals surface area contributed by atoms with E-state index in [4.69, 9.17) is 11.6 Å². The lowest BCUT2D eigenvalue weighted by Gasteiger charge is -2.15. The molecular formula is C15H15ClN2O. The second kappa shape index (κ2) is 6.25. The Labute approximate surface area is 117 Å². The summed E-state index contributed by atoms with van der Waals surface area (Å²) in [5, 5.41) is 6.64. The Morgan fingerprint density at radius 3 is 2.26 bits per heavy atom. The summed E-state index contributed by atoms with van der Waals surface area (Å²) in [5.41, 5.74) is 1.65. The van der Waals surface area contributed by atoms with Crippen molar-refractivity contribution in [1.82, 2.24) is 0 Å². The molecule has 19 heavy (non-hydrogen) atoms. The smallest absolute Gasteiger partial charge is 0.246 e. The molecule has 2 aromatic carbocycles. The maximum absolute atomic E-state index is 12.0.